The van der Waals surface area contributed by atoms with Crippen LogP contribution in [0.3, 0.4) is 0 Å². The van der Waals surface area contributed by atoms with Crippen LogP contribution in [0.1, 0.15) is 27.7 Å². The minimum atomic E-state index is 0.432. The second kappa shape index (κ2) is 2.77. The molecule has 0 bridgehead atoms. The first-order chi connectivity index (χ1) is 3.48. The Bertz CT molecular complexity index is 61.3. The third kappa shape index (κ3) is 2.61. The zero-order chi connectivity index (χ0) is 6.78. The van der Waals surface area contributed by atoms with Crippen LogP contribution in [0.5, 0.6) is 0 Å². The molecule has 1 atom stereocenters. The predicted octanol–water partition coefficient (Wildman–Crippen LogP) is 2.60. The zero-order valence-corrected chi connectivity index (χ0v) is 7.13. The monoisotopic (exact) mass is 132 g/mol. The van der Waals surface area contributed by atoms with E-state index in [0.29, 0.717) is 11.3 Å². The average molecular weight is 132 g/mol. The van der Waals surface area contributed by atoms with E-state index in [1.54, 1.807) is 0 Å². The number of hydrogen-bond donors (Lipinski definition) is 1. The van der Waals surface area contributed by atoms with E-state index in [1.165, 1.54) is 0 Å². The number of thiol groups is 1. The molecular formula is C7H16S. The van der Waals surface area contributed by atoms with E-state index in [2.05, 4.69) is 40.3 Å². The second-order valence-electron chi connectivity index (χ2n) is 3.45. The molecule has 0 fully saturated rings. The summed E-state index contributed by atoms with van der Waals surface area (Å²) in [5.41, 5.74) is 0.432. The van der Waals surface area contributed by atoms with Gasteiger partial charge in [0.1, 0.15) is 0 Å². The maximum Gasteiger partial charge on any atom is -0.00671 e. The fourth-order valence-corrected chi connectivity index (χ4v) is 0.822. The molecule has 0 radical (unpaired) electrons. The van der Waals surface area contributed by atoms with Crippen molar-refractivity contribution in [2.24, 2.45) is 11.3 Å². The van der Waals surface area contributed by atoms with Gasteiger partial charge in [0.05, 0.1) is 0 Å². The van der Waals surface area contributed by atoms with Crippen LogP contribution in [0.25, 0.3) is 0 Å². The number of rotatable bonds is 1. The van der Waals surface area contributed by atoms with E-state index >= 15 is 0 Å². The van der Waals surface area contributed by atoms with Gasteiger partial charge in [-0.1, -0.05) is 27.7 Å². The molecule has 0 aliphatic carbocycles. The van der Waals surface area contributed by atoms with Crippen molar-refractivity contribution in [2.45, 2.75) is 27.7 Å². The van der Waals surface area contributed by atoms with Gasteiger partial charge in [-0.05, 0) is 17.1 Å². The van der Waals surface area contributed by atoms with Crippen molar-refractivity contribution in [3.63, 3.8) is 0 Å². The standard InChI is InChI=1S/C7H16S/c1-6(5-8)7(2,3)4/h6,8H,5H2,1-4H3. The Balaban J connectivity index is 3.62. The van der Waals surface area contributed by atoms with Gasteiger partial charge >= 0.3 is 0 Å². The van der Waals surface area contributed by atoms with E-state index in [9.17, 15) is 0 Å². The van der Waals surface area contributed by atoms with Crippen LogP contribution in [0.4, 0.5) is 0 Å². The quantitative estimate of drug-likeness (QED) is 0.521. The van der Waals surface area contributed by atoms with E-state index in [-0.39, 0.29) is 0 Å². The van der Waals surface area contributed by atoms with Crippen molar-refractivity contribution >= 4 is 12.6 Å². The predicted molar refractivity (Wildman–Crippen MR) is 42.5 cm³/mol. The minimum Gasteiger partial charge on any atom is -0.179 e. The van der Waals surface area contributed by atoms with Gasteiger partial charge in [-0.15, -0.1) is 0 Å². The summed E-state index contributed by atoms with van der Waals surface area (Å²) in [7, 11) is 0. The molecule has 0 rings (SSSR count). The van der Waals surface area contributed by atoms with Crippen molar-refractivity contribution < 1.29 is 0 Å². The topological polar surface area (TPSA) is 0 Å². The minimum absolute atomic E-state index is 0.432. The molecule has 1 unspecified atom stereocenters. The van der Waals surface area contributed by atoms with Gasteiger partial charge in [-0.25, -0.2) is 0 Å². The summed E-state index contributed by atoms with van der Waals surface area (Å²) in [5, 5.41) is 0. The highest BCUT2D eigenvalue weighted by molar-refractivity contribution is 7.80. The molecule has 0 saturated heterocycles. The molecule has 0 heterocycles. The molecule has 0 aromatic heterocycles. The summed E-state index contributed by atoms with van der Waals surface area (Å²) in [6.45, 7) is 8.96. The van der Waals surface area contributed by atoms with Crippen LogP contribution in [-0.4, -0.2) is 5.75 Å². The van der Waals surface area contributed by atoms with Gasteiger partial charge in [-0.2, -0.15) is 12.6 Å². The molecule has 0 aromatic rings. The molecule has 0 N–H and O–H groups in total. The molecule has 0 amide bonds. The molecule has 0 spiro atoms. The van der Waals surface area contributed by atoms with E-state index < -0.39 is 0 Å². The Morgan fingerprint density at radius 2 is 1.75 bits per heavy atom. The van der Waals surface area contributed by atoms with Crippen molar-refractivity contribution in [3.05, 3.63) is 0 Å². The first-order valence-electron chi connectivity index (χ1n) is 3.09. The van der Waals surface area contributed by atoms with Crippen LogP contribution in [0.2, 0.25) is 0 Å². The van der Waals surface area contributed by atoms with Crippen LogP contribution in [0, 0.1) is 11.3 Å². The normalized spacial score (nSPS) is 16.1. The summed E-state index contributed by atoms with van der Waals surface area (Å²) in [6, 6.07) is 0. The van der Waals surface area contributed by atoms with E-state index in [4.69, 9.17) is 0 Å². The molecule has 0 aliphatic rings. The van der Waals surface area contributed by atoms with Gasteiger partial charge in [0.25, 0.3) is 0 Å². The summed E-state index contributed by atoms with van der Waals surface area (Å²) in [4.78, 5) is 0. The molecule has 50 valence electrons. The van der Waals surface area contributed by atoms with Crippen molar-refractivity contribution in [3.8, 4) is 0 Å². The fourth-order valence-electron chi connectivity index (χ4n) is 0.274. The second-order valence-corrected chi connectivity index (χ2v) is 3.81. The number of hydrogen-bond acceptors (Lipinski definition) is 1. The molecule has 0 nitrogen and oxygen atoms in total. The van der Waals surface area contributed by atoms with Crippen molar-refractivity contribution in [1.82, 2.24) is 0 Å². The highest BCUT2D eigenvalue weighted by Crippen LogP contribution is 2.25. The summed E-state index contributed by atoms with van der Waals surface area (Å²) in [6.07, 6.45) is 0. The lowest BCUT2D eigenvalue weighted by Gasteiger charge is -2.25. The Morgan fingerprint density at radius 3 is 1.75 bits per heavy atom. The van der Waals surface area contributed by atoms with Gasteiger partial charge in [0.2, 0.25) is 0 Å². The van der Waals surface area contributed by atoms with E-state index in [0.717, 1.165) is 5.75 Å². The maximum atomic E-state index is 4.21. The molecule has 0 aliphatic heterocycles. The SMILES string of the molecule is CC(CS)C(C)(C)C. The van der Waals surface area contributed by atoms with Gasteiger partial charge < -0.3 is 0 Å². The molecule has 0 aromatic carbocycles. The summed E-state index contributed by atoms with van der Waals surface area (Å²) < 4.78 is 0. The third-order valence-corrected chi connectivity index (χ3v) is 2.30. The van der Waals surface area contributed by atoms with E-state index in [1.807, 2.05) is 0 Å². The van der Waals surface area contributed by atoms with Crippen LogP contribution in [0.15, 0.2) is 0 Å². The fraction of sp³-hybridized carbons (Fsp3) is 1.00. The van der Waals surface area contributed by atoms with Gasteiger partial charge in [-0.3, -0.25) is 0 Å². The molecule has 8 heavy (non-hydrogen) atoms. The van der Waals surface area contributed by atoms with Crippen molar-refractivity contribution in [2.75, 3.05) is 5.75 Å². The van der Waals surface area contributed by atoms with Gasteiger partial charge in [0, 0.05) is 0 Å². The Kier molecular flexibility index (Phi) is 2.89. The van der Waals surface area contributed by atoms with Crippen molar-refractivity contribution in [1.29, 1.82) is 0 Å². The van der Waals surface area contributed by atoms with Gasteiger partial charge in [0.15, 0.2) is 0 Å². The Labute approximate surface area is 58.1 Å². The largest absolute Gasteiger partial charge is 0.179 e. The lowest BCUT2D eigenvalue weighted by molar-refractivity contribution is 0.289. The third-order valence-electron chi connectivity index (χ3n) is 1.75. The molecule has 1 heteroatoms. The summed E-state index contributed by atoms with van der Waals surface area (Å²) in [5.74, 6) is 1.70. The maximum absolute atomic E-state index is 4.21. The first kappa shape index (κ1) is 8.35. The smallest absolute Gasteiger partial charge is 0.00671 e. The first-order valence-corrected chi connectivity index (χ1v) is 3.72. The highest BCUT2D eigenvalue weighted by Gasteiger charge is 2.17. The zero-order valence-electron chi connectivity index (χ0n) is 6.23. The lowest BCUT2D eigenvalue weighted by atomic mass is 9.83. The Hall–Kier alpha value is 0.350. The highest BCUT2D eigenvalue weighted by atomic mass is 32.1. The summed E-state index contributed by atoms with van der Waals surface area (Å²) >= 11 is 4.21. The van der Waals surface area contributed by atoms with Crippen LogP contribution in [-0.2, 0) is 0 Å². The Morgan fingerprint density at radius 1 is 1.38 bits per heavy atom. The van der Waals surface area contributed by atoms with Crippen LogP contribution < -0.4 is 0 Å². The molecular weight excluding hydrogens is 116 g/mol. The lowest BCUT2D eigenvalue weighted by Crippen LogP contribution is -2.18. The van der Waals surface area contributed by atoms with Crippen LogP contribution >= 0.6 is 12.6 Å². The average Bonchev–Trinajstić information content (AvgIpc) is 1.62. The molecule has 0 saturated carbocycles.